The van der Waals surface area contributed by atoms with Crippen molar-refractivity contribution in [2.45, 2.75) is 32.5 Å². The summed E-state index contributed by atoms with van der Waals surface area (Å²) in [4.78, 5) is 31.9. The molecule has 2 rings (SSSR count). The van der Waals surface area contributed by atoms with Gasteiger partial charge in [-0.3, -0.25) is 14.5 Å². The highest BCUT2D eigenvalue weighted by atomic mass is 32.1. The van der Waals surface area contributed by atoms with Crippen molar-refractivity contribution in [2.75, 3.05) is 19.0 Å². The smallest absolute Gasteiger partial charge is 0.336 e. The summed E-state index contributed by atoms with van der Waals surface area (Å²) in [6.07, 6.45) is -4.46. The molecular weight excluding hydrogens is 379 g/mol. The van der Waals surface area contributed by atoms with Crippen LogP contribution < -0.4 is 4.90 Å². The average molecular weight is 399 g/mol. The van der Waals surface area contributed by atoms with E-state index in [1.54, 1.807) is 17.3 Å². The SMILES string of the molecule is CN(C(=O)c1ccc(C(F)(F)F)cc1)c1nc(C(=O)N(C)C(C)(C)C)cs1. The number of hydrogen-bond donors (Lipinski definition) is 0. The normalized spacial score (nSPS) is 12.0. The molecule has 0 saturated carbocycles. The molecule has 0 aliphatic carbocycles. The van der Waals surface area contributed by atoms with Gasteiger partial charge in [0.1, 0.15) is 5.69 Å². The van der Waals surface area contributed by atoms with Gasteiger partial charge in [0.2, 0.25) is 0 Å². The lowest BCUT2D eigenvalue weighted by atomic mass is 10.1. The maximum absolute atomic E-state index is 12.6. The first-order valence-electron chi connectivity index (χ1n) is 8.01. The van der Waals surface area contributed by atoms with Crippen LogP contribution in [0.1, 0.15) is 47.2 Å². The van der Waals surface area contributed by atoms with Crippen molar-refractivity contribution in [1.29, 1.82) is 0 Å². The van der Waals surface area contributed by atoms with Crippen LogP contribution in [-0.4, -0.2) is 41.3 Å². The number of hydrogen-bond acceptors (Lipinski definition) is 4. The lowest BCUT2D eigenvalue weighted by Crippen LogP contribution is -2.42. The first kappa shape index (κ1) is 20.9. The van der Waals surface area contributed by atoms with Gasteiger partial charge in [0.25, 0.3) is 11.8 Å². The summed E-state index contributed by atoms with van der Waals surface area (Å²) in [5.41, 5.74) is -0.906. The second kappa shape index (κ2) is 7.30. The Balaban J connectivity index is 2.19. The topological polar surface area (TPSA) is 53.5 Å². The Kier molecular flexibility index (Phi) is 5.65. The standard InChI is InChI=1S/C18H20F3N3O2S/c1-17(2,3)24(5)15(26)13-10-27-16(22-13)23(4)14(25)11-6-8-12(9-7-11)18(19,20)21/h6-10H,1-5H3. The van der Waals surface area contributed by atoms with Crippen LogP contribution in [0.4, 0.5) is 18.3 Å². The predicted molar refractivity (Wildman–Crippen MR) is 98.1 cm³/mol. The summed E-state index contributed by atoms with van der Waals surface area (Å²) in [5, 5.41) is 1.83. The summed E-state index contributed by atoms with van der Waals surface area (Å²) in [5.74, 6) is -0.790. The van der Waals surface area contributed by atoms with E-state index in [0.717, 1.165) is 35.6 Å². The van der Waals surface area contributed by atoms with Crippen molar-refractivity contribution in [3.8, 4) is 0 Å². The minimum Gasteiger partial charge on any atom is -0.336 e. The zero-order valence-electron chi connectivity index (χ0n) is 15.6. The van der Waals surface area contributed by atoms with Gasteiger partial charge >= 0.3 is 6.18 Å². The summed E-state index contributed by atoms with van der Waals surface area (Å²) < 4.78 is 37.9. The van der Waals surface area contributed by atoms with Crippen LogP contribution in [0.25, 0.3) is 0 Å². The molecule has 0 aliphatic rings. The third-order valence-electron chi connectivity index (χ3n) is 4.07. The summed E-state index contributed by atoms with van der Waals surface area (Å²) >= 11 is 1.11. The van der Waals surface area contributed by atoms with Crippen molar-refractivity contribution in [3.05, 3.63) is 46.5 Å². The Bertz CT molecular complexity index is 839. The van der Waals surface area contributed by atoms with Gasteiger partial charge < -0.3 is 4.90 Å². The minimum atomic E-state index is -4.46. The zero-order chi connectivity index (χ0) is 20.6. The number of benzene rings is 1. The van der Waals surface area contributed by atoms with E-state index in [1.807, 2.05) is 20.8 Å². The van der Waals surface area contributed by atoms with Crippen molar-refractivity contribution in [1.82, 2.24) is 9.88 Å². The first-order valence-corrected chi connectivity index (χ1v) is 8.89. The number of amides is 2. The molecule has 0 spiro atoms. The lowest BCUT2D eigenvalue weighted by Gasteiger charge is -2.31. The molecule has 0 unspecified atom stereocenters. The predicted octanol–water partition coefficient (Wildman–Crippen LogP) is 4.31. The second-order valence-corrected chi connectivity index (χ2v) is 7.83. The van der Waals surface area contributed by atoms with Gasteiger partial charge in [-0.2, -0.15) is 13.2 Å². The van der Waals surface area contributed by atoms with Gasteiger partial charge in [0.05, 0.1) is 5.56 Å². The molecule has 1 heterocycles. The molecule has 2 aromatic rings. The molecule has 1 aromatic carbocycles. The Morgan fingerprint density at radius 2 is 1.56 bits per heavy atom. The van der Waals surface area contributed by atoms with Crippen LogP contribution in [0.15, 0.2) is 29.6 Å². The zero-order valence-corrected chi connectivity index (χ0v) is 16.4. The molecule has 0 radical (unpaired) electrons. The summed E-state index contributed by atoms with van der Waals surface area (Å²) in [7, 11) is 3.12. The van der Waals surface area contributed by atoms with Gasteiger partial charge in [0, 0.05) is 30.6 Å². The van der Waals surface area contributed by atoms with Crippen molar-refractivity contribution in [3.63, 3.8) is 0 Å². The molecule has 27 heavy (non-hydrogen) atoms. The van der Waals surface area contributed by atoms with Crippen LogP contribution in [0.3, 0.4) is 0 Å². The number of carbonyl (C=O) groups excluding carboxylic acids is 2. The minimum absolute atomic E-state index is 0.0976. The second-order valence-electron chi connectivity index (χ2n) is 6.99. The fourth-order valence-electron chi connectivity index (χ4n) is 2.08. The van der Waals surface area contributed by atoms with E-state index in [0.29, 0.717) is 0 Å². The molecule has 0 aliphatic heterocycles. The third kappa shape index (κ3) is 4.65. The van der Waals surface area contributed by atoms with Crippen LogP contribution in [0.2, 0.25) is 0 Å². The summed E-state index contributed by atoms with van der Waals surface area (Å²) in [6.45, 7) is 5.66. The number of thiazole rings is 1. The summed E-state index contributed by atoms with van der Waals surface area (Å²) in [6, 6.07) is 3.95. The highest BCUT2D eigenvalue weighted by Gasteiger charge is 2.31. The van der Waals surface area contributed by atoms with E-state index in [9.17, 15) is 22.8 Å². The molecule has 0 saturated heterocycles. The number of anilines is 1. The number of halogens is 3. The Labute approximate surface area is 159 Å². The quantitative estimate of drug-likeness (QED) is 0.773. The molecule has 146 valence electrons. The van der Waals surface area contributed by atoms with Crippen LogP contribution in [-0.2, 0) is 6.18 Å². The van der Waals surface area contributed by atoms with Crippen LogP contribution >= 0.6 is 11.3 Å². The van der Waals surface area contributed by atoms with E-state index < -0.39 is 17.6 Å². The van der Waals surface area contributed by atoms with E-state index in [-0.39, 0.29) is 27.8 Å². The number of aromatic nitrogens is 1. The van der Waals surface area contributed by atoms with Crippen LogP contribution in [0.5, 0.6) is 0 Å². The average Bonchev–Trinajstić information content (AvgIpc) is 3.07. The van der Waals surface area contributed by atoms with Crippen molar-refractivity contribution >= 4 is 28.3 Å². The van der Waals surface area contributed by atoms with Crippen molar-refractivity contribution in [2.24, 2.45) is 0 Å². The number of alkyl halides is 3. The Hall–Kier alpha value is -2.42. The van der Waals surface area contributed by atoms with Crippen LogP contribution in [0, 0.1) is 0 Å². The Morgan fingerprint density at radius 1 is 1.00 bits per heavy atom. The fraction of sp³-hybridized carbons (Fsp3) is 0.389. The van der Waals surface area contributed by atoms with Gasteiger partial charge in [-0.1, -0.05) is 0 Å². The van der Waals surface area contributed by atoms with Gasteiger partial charge in [-0.05, 0) is 45.0 Å². The number of carbonyl (C=O) groups is 2. The van der Waals surface area contributed by atoms with E-state index in [1.165, 1.54) is 11.9 Å². The molecule has 0 N–H and O–H groups in total. The number of nitrogens with zero attached hydrogens (tertiary/aromatic N) is 3. The van der Waals surface area contributed by atoms with E-state index in [2.05, 4.69) is 4.98 Å². The molecular formula is C18H20F3N3O2S. The Morgan fingerprint density at radius 3 is 2.04 bits per heavy atom. The molecule has 2 amide bonds. The molecule has 0 bridgehead atoms. The van der Waals surface area contributed by atoms with Gasteiger partial charge in [-0.25, -0.2) is 4.98 Å². The maximum Gasteiger partial charge on any atom is 0.416 e. The van der Waals surface area contributed by atoms with Gasteiger partial charge in [0.15, 0.2) is 5.13 Å². The highest BCUT2D eigenvalue weighted by Crippen LogP contribution is 2.29. The molecule has 0 fully saturated rings. The maximum atomic E-state index is 12.6. The molecule has 9 heteroatoms. The molecule has 1 aromatic heterocycles. The third-order valence-corrected chi connectivity index (χ3v) is 4.99. The fourth-order valence-corrected chi connectivity index (χ4v) is 2.84. The first-order chi connectivity index (χ1) is 12.3. The number of rotatable bonds is 3. The highest BCUT2D eigenvalue weighted by molar-refractivity contribution is 7.14. The lowest BCUT2D eigenvalue weighted by molar-refractivity contribution is -0.137. The van der Waals surface area contributed by atoms with Gasteiger partial charge in [-0.15, -0.1) is 11.3 Å². The molecule has 5 nitrogen and oxygen atoms in total. The van der Waals surface area contributed by atoms with E-state index in [4.69, 9.17) is 0 Å². The largest absolute Gasteiger partial charge is 0.416 e. The monoisotopic (exact) mass is 399 g/mol. The van der Waals surface area contributed by atoms with Crippen molar-refractivity contribution < 1.29 is 22.8 Å². The van der Waals surface area contributed by atoms with E-state index >= 15 is 0 Å². The molecule has 0 atom stereocenters.